The molecule has 2 aromatic rings. The molecule has 0 aliphatic carbocycles. The van der Waals surface area contributed by atoms with Crippen molar-refractivity contribution in [1.29, 1.82) is 0 Å². The van der Waals surface area contributed by atoms with E-state index in [1.807, 2.05) is 0 Å². The number of furan rings is 1. The molecule has 0 saturated carbocycles. The van der Waals surface area contributed by atoms with Crippen LogP contribution in [0.4, 0.5) is 5.69 Å². The predicted molar refractivity (Wildman–Crippen MR) is 101 cm³/mol. The number of rotatable bonds is 2. The molecular weight excluding hydrogens is 372 g/mol. The van der Waals surface area contributed by atoms with E-state index in [2.05, 4.69) is 0 Å². The second kappa shape index (κ2) is 6.22. The maximum absolute atomic E-state index is 12.9. The molecule has 3 amide bonds. The quantitative estimate of drug-likeness (QED) is 0.586. The largest absolute Gasteiger partial charge is 0.467 e. The number of hydrogen-bond donors (Lipinski definition) is 0. The first kappa shape index (κ1) is 16.7. The van der Waals surface area contributed by atoms with E-state index in [0.717, 1.165) is 16.7 Å². The molecule has 6 nitrogen and oxygen atoms in total. The Hall–Kier alpha value is -2.71. The minimum absolute atomic E-state index is 0.195. The van der Waals surface area contributed by atoms with Gasteiger partial charge in [-0.15, -0.1) is 0 Å². The third-order valence-corrected chi connectivity index (χ3v) is 5.56. The van der Waals surface area contributed by atoms with Gasteiger partial charge in [-0.2, -0.15) is 0 Å². The molecule has 3 heterocycles. The van der Waals surface area contributed by atoms with Crippen molar-refractivity contribution in [3.05, 3.63) is 58.9 Å². The van der Waals surface area contributed by atoms with Crippen LogP contribution in [0.25, 0.3) is 5.57 Å². The molecule has 0 radical (unpaired) electrons. The molecule has 4 rings (SSSR count). The molecule has 1 saturated heterocycles. The van der Waals surface area contributed by atoms with Crippen LogP contribution in [-0.4, -0.2) is 26.9 Å². The fourth-order valence-electron chi connectivity index (χ4n) is 2.99. The van der Waals surface area contributed by atoms with Gasteiger partial charge in [0.25, 0.3) is 11.8 Å². The van der Waals surface area contributed by atoms with Gasteiger partial charge in [-0.1, -0.05) is 42.2 Å². The van der Waals surface area contributed by atoms with E-state index in [9.17, 15) is 14.4 Å². The smallest absolute Gasteiger partial charge is 0.267 e. The van der Waals surface area contributed by atoms with E-state index in [1.165, 1.54) is 18.1 Å². The molecule has 8 heteroatoms. The lowest BCUT2D eigenvalue weighted by molar-refractivity contribution is -0.124. The molecule has 2 aliphatic heterocycles. The Bertz CT molecular complexity index is 994. The Labute approximate surface area is 158 Å². The van der Waals surface area contributed by atoms with E-state index in [4.69, 9.17) is 16.6 Å². The van der Waals surface area contributed by atoms with Crippen molar-refractivity contribution in [1.82, 2.24) is 4.90 Å². The first-order valence-electron chi connectivity index (χ1n) is 7.74. The van der Waals surface area contributed by atoms with Gasteiger partial charge < -0.3 is 4.42 Å². The Morgan fingerprint density at radius 2 is 1.92 bits per heavy atom. The fraction of sp³-hybridized carbons (Fsp3) is 0.111. The number of thiocarbonyl (C=S) groups is 1. The van der Waals surface area contributed by atoms with E-state index < -0.39 is 11.8 Å². The Balaban J connectivity index is 1.79. The molecule has 2 aliphatic rings. The highest BCUT2D eigenvalue weighted by Gasteiger charge is 2.43. The summed E-state index contributed by atoms with van der Waals surface area (Å²) in [5.74, 6) is -0.670. The summed E-state index contributed by atoms with van der Waals surface area (Å²) in [5, 5.41) is 0. The van der Waals surface area contributed by atoms with Crippen LogP contribution in [0.2, 0.25) is 0 Å². The van der Waals surface area contributed by atoms with Crippen molar-refractivity contribution < 1.29 is 18.8 Å². The van der Waals surface area contributed by atoms with Crippen LogP contribution >= 0.6 is 24.0 Å². The van der Waals surface area contributed by atoms with Crippen LogP contribution in [0, 0.1) is 0 Å². The summed E-state index contributed by atoms with van der Waals surface area (Å²) >= 11 is 6.39. The average molecular weight is 384 g/mol. The summed E-state index contributed by atoms with van der Waals surface area (Å²) in [5.41, 5.74) is 1.26. The SMILES string of the molecule is CC(=O)N1C(=O)/C(=C2\SC(=S)N(Cc3ccco3)C2=O)c2ccccc21. The molecule has 0 atom stereocenters. The van der Waals surface area contributed by atoms with Crippen LogP contribution < -0.4 is 4.90 Å². The zero-order chi connectivity index (χ0) is 18.4. The molecule has 0 bridgehead atoms. The monoisotopic (exact) mass is 384 g/mol. The Morgan fingerprint density at radius 3 is 2.62 bits per heavy atom. The van der Waals surface area contributed by atoms with Crippen LogP contribution in [-0.2, 0) is 20.9 Å². The number of thioether (sulfide) groups is 1. The Kier molecular flexibility index (Phi) is 4.01. The molecule has 130 valence electrons. The highest BCUT2D eigenvalue weighted by molar-refractivity contribution is 8.26. The van der Waals surface area contributed by atoms with Crippen molar-refractivity contribution in [2.24, 2.45) is 0 Å². The second-order valence-corrected chi connectivity index (χ2v) is 7.36. The first-order chi connectivity index (χ1) is 12.5. The minimum Gasteiger partial charge on any atom is -0.467 e. The number of fused-ring (bicyclic) bond motifs is 1. The highest BCUT2D eigenvalue weighted by atomic mass is 32.2. The second-order valence-electron chi connectivity index (χ2n) is 5.72. The van der Waals surface area contributed by atoms with Gasteiger partial charge in [0.1, 0.15) is 10.1 Å². The van der Waals surface area contributed by atoms with Crippen molar-refractivity contribution in [2.45, 2.75) is 13.5 Å². The van der Waals surface area contributed by atoms with Crippen LogP contribution in [0.15, 0.2) is 52.0 Å². The standard InChI is InChI=1S/C18H12N2O4S2/c1-10(21)20-13-7-3-2-6-12(13)14(16(20)22)15-17(23)19(18(25)26-15)9-11-5-4-8-24-11/h2-8H,9H2,1H3/b15-14-. The Morgan fingerprint density at radius 1 is 1.15 bits per heavy atom. The number of para-hydroxylation sites is 1. The number of hydrogen-bond acceptors (Lipinski definition) is 6. The molecule has 1 aromatic carbocycles. The van der Waals surface area contributed by atoms with E-state index >= 15 is 0 Å². The van der Waals surface area contributed by atoms with Gasteiger partial charge >= 0.3 is 0 Å². The fourth-order valence-corrected chi connectivity index (χ4v) is 4.32. The van der Waals surface area contributed by atoms with Crippen LogP contribution in [0.1, 0.15) is 18.2 Å². The third kappa shape index (κ3) is 2.49. The van der Waals surface area contributed by atoms with Crippen molar-refractivity contribution in [3.63, 3.8) is 0 Å². The van der Waals surface area contributed by atoms with Gasteiger partial charge in [-0.3, -0.25) is 19.3 Å². The number of nitrogens with zero attached hydrogens (tertiary/aromatic N) is 2. The highest BCUT2D eigenvalue weighted by Crippen LogP contribution is 2.44. The number of benzene rings is 1. The normalized spacial score (nSPS) is 19.5. The summed E-state index contributed by atoms with van der Waals surface area (Å²) in [6.07, 6.45) is 1.52. The summed E-state index contributed by atoms with van der Waals surface area (Å²) in [6, 6.07) is 10.4. The zero-order valence-electron chi connectivity index (χ0n) is 13.6. The van der Waals surface area contributed by atoms with Gasteiger partial charge in [-0.25, -0.2) is 4.90 Å². The number of anilines is 1. The maximum Gasteiger partial charge on any atom is 0.267 e. The van der Waals surface area contributed by atoms with E-state index in [0.29, 0.717) is 21.3 Å². The van der Waals surface area contributed by atoms with Crippen molar-refractivity contribution >= 4 is 57.3 Å². The summed E-state index contributed by atoms with van der Waals surface area (Å²) in [6.45, 7) is 1.51. The topological polar surface area (TPSA) is 70.8 Å². The lowest BCUT2D eigenvalue weighted by Crippen LogP contribution is -2.32. The molecule has 0 unspecified atom stereocenters. The lowest BCUT2D eigenvalue weighted by atomic mass is 10.1. The van der Waals surface area contributed by atoms with E-state index in [1.54, 1.807) is 36.4 Å². The first-order valence-corrected chi connectivity index (χ1v) is 8.96. The maximum atomic E-state index is 12.9. The van der Waals surface area contributed by atoms with Gasteiger partial charge in [0.2, 0.25) is 5.91 Å². The third-order valence-electron chi connectivity index (χ3n) is 4.12. The van der Waals surface area contributed by atoms with Gasteiger partial charge in [0.15, 0.2) is 0 Å². The van der Waals surface area contributed by atoms with Gasteiger partial charge in [0, 0.05) is 12.5 Å². The molecule has 26 heavy (non-hydrogen) atoms. The minimum atomic E-state index is -0.503. The molecule has 0 N–H and O–H groups in total. The summed E-state index contributed by atoms with van der Waals surface area (Å²) in [4.78, 5) is 40.5. The van der Waals surface area contributed by atoms with Crippen molar-refractivity contribution in [3.8, 4) is 0 Å². The number of carbonyl (C=O) groups excluding carboxylic acids is 3. The summed E-state index contributed by atoms with van der Waals surface area (Å²) in [7, 11) is 0. The van der Waals surface area contributed by atoms with Gasteiger partial charge in [0.05, 0.1) is 29.0 Å². The average Bonchev–Trinajstić information content (AvgIpc) is 3.28. The van der Waals surface area contributed by atoms with E-state index in [-0.39, 0.29) is 22.9 Å². The molecule has 0 spiro atoms. The van der Waals surface area contributed by atoms with Gasteiger partial charge in [-0.05, 0) is 18.2 Å². The predicted octanol–water partition coefficient (Wildman–Crippen LogP) is 2.94. The summed E-state index contributed by atoms with van der Waals surface area (Å²) < 4.78 is 5.63. The molecule has 1 aromatic heterocycles. The lowest BCUT2D eigenvalue weighted by Gasteiger charge is -2.12. The molecule has 1 fully saturated rings. The van der Waals surface area contributed by atoms with Crippen LogP contribution in [0.5, 0.6) is 0 Å². The molecular formula is C18H12N2O4S2. The van der Waals surface area contributed by atoms with Crippen LogP contribution in [0.3, 0.4) is 0 Å². The number of imide groups is 1. The number of carbonyl (C=O) groups is 3. The van der Waals surface area contributed by atoms with Crippen molar-refractivity contribution in [2.75, 3.05) is 4.90 Å². The zero-order valence-corrected chi connectivity index (χ0v) is 15.2. The number of amides is 3.